The molecule has 164 valence electrons. The number of furan rings is 1. The molecular formula is C22H21N5O4S. The Kier molecular flexibility index (Phi) is 6.13. The third kappa shape index (κ3) is 4.59. The van der Waals surface area contributed by atoms with Crippen LogP contribution in [0.3, 0.4) is 0 Å². The van der Waals surface area contributed by atoms with Gasteiger partial charge in [0, 0.05) is 12.1 Å². The summed E-state index contributed by atoms with van der Waals surface area (Å²) in [4.78, 5) is 26.1. The lowest BCUT2D eigenvalue weighted by atomic mass is 10.0. The van der Waals surface area contributed by atoms with Crippen LogP contribution in [-0.4, -0.2) is 39.0 Å². The average Bonchev–Trinajstić information content (AvgIpc) is 3.52. The number of carbonyl (C=O) groups excluding carboxylic acids is 1. The number of carbonyl (C=O) groups is 1. The number of nitrogens with zero attached hydrogens (tertiary/aromatic N) is 4. The molecule has 9 nitrogen and oxygen atoms in total. The molecule has 0 radical (unpaired) electrons. The summed E-state index contributed by atoms with van der Waals surface area (Å²) in [5.41, 5.74) is -0.302. The first-order valence-electron chi connectivity index (χ1n) is 9.88. The molecule has 0 aliphatic carbocycles. The van der Waals surface area contributed by atoms with Gasteiger partial charge >= 0.3 is 0 Å². The van der Waals surface area contributed by atoms with Crippen LogP contribution in [0, 0.1) is 0 Å². The summed E-state index contributed by atoms with van der Waals surface area (Å²) < 4.78 is 12.0. The first kappa shape index (κ1) is 21.4. The van der Waals surface area contributed by atoms with Crippen LogP contribution in [0.4, 0.5) is 0 Å². The summed E-state index contributed by atoms with van der Waals surface area (Å²) in [6.45, 7) is 3.71. The molecule has 0 atom stereocenters. The van der Waals surface area contributed by atoms with E-state index in [2.05, 4.69) is 20.6 Å². The highest BCUT2D eigenvalue weighted by Gasteiger charge is 2.32. The number of hydrogen-bond donors (Lipinski definition) is 1. The van der Waals surface area contributed by atoms with Crippen molar-refractivity contribution in [3.05, 3.63) is 70.5 Å². The number of nitrogens with one attached hydrogen (secondary N) is 1. The minimum absolute atomic E-state index is 0.189. The third-order valence-corrected chi connectivity index (χ3v) is 5.60. The Bertz CT molecular complexity index is 1230. The van der Waals surface area contributed by atoms with Crippen molar-refractivity contribution in [1.29, 1.82) is 0 Å². The fourth-order valence-electron chi connectivity index (χ4n) is 2.95. The number of hydrogen-bond acceptors (Lipinski definition) is 8. The molecule has 0 spiro atoms. The van der Waals surface area contributed by atoms with Gasteiger partial charge in [0.1, 0.15) is 23.5 Å². The van der Waals surface area contributed by atoms with Crippen molar-refractivity contribution in [3.63, 3.8) is 0 Å². The number of amides is 1. The molecule has 0 bridgehead atoms. The van der Waals surface area contributed by atoms with E-state index >= 15 is 0 Å². The van der Waals surface area contributed by atoms with Crippen LogP contribution in [0.1, 0.15) is 13.8 Å². The minimum atomic E-state index is -1.19. The van der Waals surface area contributed by atoms with E-state index in [1.807, 2.05) is 17.5 Å². The maximum Gasteiger partial charge on any atom is 0.267 e. The van der Waals surface area contributed by atoms with Gasteiger partial charge in [-0.05, 0) is 49.6 Å². The normalized spacial score (nSPS) is 11.3. The Morgan fingerprint density at radius 1 is 1.12 bits per heavy atom. The molecule has 10 heteroatoms. The van der Waals surface area contributed by atoms with Gasteiger partial charge in [-0.25, -0.2) is 4.68 Å². The molecule has 0 fully saturated rings. The largest absolute Gasteiger partial charge is 0.475 e. The van der Waals surface area contributed by atoms with E-state index < -0.39 is 5.54 Å². The summed E-state index contributed by atoms with van der Waals surface area (Å²) in [6, 6.07) is 13.9. The number of ether oxygens (including phenoxy) is 1. The molecule has 0 aliphatic heterocycles. The summed E-state index contributed by atoms with van der Waals surface area (Å²) in [5.74, 6) is 0.596. The number of rotatable bonds is 8. The lowest BCUT2D eigenvalue weighted by Gasteiger charge is -2.25. The molecule has 32 heavy (non-hydrogen) atoms. The van der Waals surface area contributed by atoms with Crippen LogP contribution in [0.15, 0.2) is 69.4 Å². The summed E-state index contributed by atoms with van der Waals surface area (Å²) >= 11 is 1.51. The molecule has 4 aromatic heterocycles. The molecule has 0 aromatic carbocycles. The summed E-state index contributed by atoms with van der Waals surface area (Å²) in [5, 5.41) is 17.2. The second kappa shape index (κ2) is 9.15. The quantitative estimate of drug-likeness (QED) is 0.410. The molecule has 1 N–H and O–H groups in total. The van der Waals surface area contributed by atoms with Crippen molar-refractivity contribution in [1.82, 2.24) is 25.3 Å². The van der Waals surface area contributed by atoms with E-state index in [0.717, 1.165) is 4.88 Å². The second-order valence-corrected chi connectivity index (χ2v) is 8.29. The van der Waals surface area contributed by atoms with E-state index in [0.29, 0.717) is 23.0 Å². The van der Waals surface area contributed by atoms with Crippen molar-refractivity contribution in [2.24, 2.45) is 0 Å². The van der Waals surface area contributed by atoms with Gasteiger partial charge in [0.2, 0.25) is 11.8 Å². The van der Waals surface area contributed by atoms with Gasteiger partial charge in [0.05, 0.1) is 17.7 Å². The van der Waals surface area contributed by atoms with E-state index in [4.69, 9.17) is 9.15 Å². The Hall–Kier alpha value is -3.79. The highest BCUT2D eigenvalue weighted by atomic mass is 32.1. The molecule has 0 saturated carbocycles. The summed E-state index contributed by atoms with van der Waals surface area (Å²) in [7, 11) is 0. The standard InChI is InChI=1S/C22H21N5O4S/c1-22(2,27-20(28)10-8-16(26-27)18-6-4-14-32-18)21(29)23-11-13-31-19-9-7-15(24-25-19)17-5-3-12-30-17/h3-10,12,14H,11,13H2,1-2H3,(H,23,29). The van der Waals surface area contributed by atoms with Crippen LogP contribution in [0.5, 0.6) is 5.88 Å². The van der Waals surface area contributed by atoms with Crippen molar-refractivity contribution >= 4 is 17.2 Å². The predicted octanol–water partition coefficient (Wildman–Crippen LogP) is 2.95. The van der Waals surface area contributed by atoms with Gasteiger partial charge in [0.15, 0.2) is 5.76 Å². The topological polar surface area (TPSA) is 112 Å². The van der Waals surface area contributed by atoms with Gasteiger partial charge in [-0.2, -0.15) is 5.10 Å². The number of thiophene rings is 1. The molecule has 4 aromatic rings. The maximum atomic E-state index is 12.8. The van der Waals surface area contributed by atoms with Gasteiger partial charge in [-0.1, -0.05) is 6.07 Å². The molecule has 0 unspecified atom stereocenters. The zero-order valence-electron chi connectivity index (χ0n) is 17.5. The molecule has 0 saturated heterocycles. The van der Waals surface area contributed by atoms with Gasteiger partial charge in [-0.15, -0.1) is 21.5 Å². The SMILES string of the molecule is CC(C)(C(=O)NCCOc1ccc(-c2ccco2)nn1)n1nc(-c2cccs2)ccc1=O. The van der Waals surface area contributed by atoms with E-state index in [1.165, 1.54) is 22.1 Å². The van der Waals surface area contributed by atoms with Gasteiger partial charge in [-0.3, -0.25) is 9.59 Å². The average molecular weight is 452 g/mol. The lowest BCUT2D eigenvalue weighted by molar-refractivity contribution is -0.129. The van der Waals surface area contributed by atoms with Crippen molar-refractivity contribution in [2.75, 3.05) is 13.2 Å². The Morgan fingerprint density at radius 3 is 2.66 bits per heavy atom. The minimum Gasteiger partial charge on any atom is -0.475 e. The highest BCUT2D eigenvalue weighted by Crippen LogP contribution is 2.22. The van der Waals surface area contributed by atoms with E-state index in [-0.39, 0.29) is 24.6 Å². The molecule has 1 amide bonds. The zero-order chi connectivity index (χ0) is 22.6. The third-order valence-electron chi connectivity index (χ3n) is 4.71. The van der Waals surface area contributed by atoms with E-state index in [9.17, 15) is 9.59 Å². The first-order chi connectivity index (χ1) is 15.4. The Balaban J connectivity index is 1.34. The fraction of sp³-hybridized carbons (Fsp3) is 0.227. The van der Waals surface area contributed by atoms with Gasteiger partial charge < -0.3 is 14.5 Å². The first-order valence-corrected chi connectivity index (χ1v) is 10.8. The van der Waals surface area contributed by atoms with Crippen LogP contribution >= 0.6 is 11.3 Å². The predicted molar refractivity (Wildman–Crippen MR) is 119 cm³/mol. The van der Waals surface area contributed by atoms with Crippen molar-refractivity contribution in [2.45, 2.75) is 19.4 Å². The lowest BCUT2D eigenvalue weighted by Crippen LogP contribution is -2.50. The fourth-order valence-corrected chi connectivity index (χ4v) is 3.64. The molecule has 4 heterocycles. The Labute approximate surface area is 187 Å². The smallest absolute Gasteiger partial charge is 0.267 e. The molecule has 4 rings (SSSR count). The monoisotopic (exact) mass is 451 g/mol. The van der Waals surface area contributed by atoms with Gasteiger partial charge in [0.25, 0.3) is 5.56 Å². The number of aromatic nitrogens is 4. The van der Waals surface area contributed by atoms with Crippen molar-refractivity contribution < 1.29 is 13.9 Å². The van der Waals surface area contributed by atoms with Crippen LogP contribution in [0.2, 0.25) is 0 Å². The van der Waals surface area contributed by atoms with Crippen LogP contribution in [-0.2, 0) is 10.3 Å². The van der Waals surface area contributed by atoms with Crippen molar-refractivity contribution in [3.8, 4) is 27.9 Å². The van der Waals surface area contributed by atoms with E-state index in [1.54, 1.807) is 50.4 Å². The summed E-state index contributed by atoms with van der Waals surface area (Å²) in [6.07, 6.45) is 1.56. The second-order valence-electron chi connectivity index (χ2n) is 7.34. The Morgan fingerprint density at radius 2 is 1.97 bits per heavy atom. The molecule has 0 aliphatic rings. The van der Waals surface area contributed by atoms with Crippen LogP contribution < -0.4 is 15.6 Å². The van der Waals surface area contributed by atoms with Crippen LogP contribution in [0.25, 0.3) is 22.0 Å². The maximum absolute atomic E-state index is 12.8. The zero-order valence-corrected chi connectivity index (χ0v) is 18.3. The highest BCUT2D eigenvalue weighted by molar-refractivity contribution is 7.13. The molecular weight excluding hydrogens is 430 g/mol.